The van der Waals surface area contributed by atoms with Gasteiger partial charge < -0.3 is 52.3 Å². The Morgan fingerprint density at radius 3 is 1.38 bits per heavy atom. The second-order valence-electron chi connectivity index (χ2n) is 19.0. The van der Waals surface area contributed by atoms with E-state index in [0.717, 1.165) is 49.7 Å². The van der Waals surface area contributed by atoms with Crippen LogP contribution in [-0.2, 0) is 41.6 Å². The van der Waals surface area contributed by atoms with Crippen molar-refractivity contribution >= 4 is 41.5 Å². The summed E-state index contributed by atoms with van der Waals surface area (Å²) in [6.07, 6.45) is 11.0. The summed E-state index contributed by atoms with van der Waals surface area (Å²) in [6, 6.07) is 11.9. The van der Waals surface area contributed by atoms with Crippen molar-refractivity contribution in [2.75, 3.05) is 40.3 Å². The van der Waals surface area contributed by atoms with Crippen LogP contribution in [-0.4, -0.2) is 128 Å². The van der Waals surface area contributed by atoms with Gasteiger partial charge in [0.25, 0.3) is 0 Å². The highest BCUT2D eigenvalue weighted by Gasteiger charge is 2.40. The monoisotopic (exact) mass is 941 g/mol. The molecule has 2 aromatic rings. The predicted molar refractivity (Wildman–Crippen MR) is 260 cm³/mol. The van der Waals surface area contributed by atoms with E-state index in [4.69, 9.17) is 0 Å². The number of hydrogen-bond donors (Lipinski definition) is 8. The molecule has 68 heavy (non-hydrogen) atoms. The largest absolute Gasteiger partial charge is 0.347 e. The molecular formula is C51H76N10O7. The van der Waals surface area contributed by atoms with E-state index in [0.29, 0.717) is 90.4 Å². The lowest BCUT2D eigenvalue weighted by molar-refractivity contribution is -0.142. The highest BCUT2D eigenvalue weighted by molar-refractivity contribution is 5.94. The second kappa shape index (κ2) is 25.7. The van der Waals surface area contributed by atoms with Crippen molar-refractivity contribution in [3.63, 3.8) is 0 Å². The average Bonchev–Trinajstić information content (AvgIpc) is 4.06. The summed E-state index contributed by atoms with van der Waals surface area (Å²) in [5, 5.41) is 23.9. The third kappa shape index (κ3) is 13.8. The van der Waals surface area contributed by atoms with E-state index in [1.54, 1.807) is 37.7 Å². The molecule has 2 aliphatic carbocycles. The third-order valence-electron chi connectivity index (χ3n) is 14.3. The number of urea groups is 1. The molecule has 2 aliphatic heterocycles. The lowest BCUT2D eigenvalue weighted by Crippen LogP contribution is -2.55. The van der Waals surface area contributed by atoms with Gasteiger partial charge >= 0.3 is 6.03 Å². The third-order valence-corrected chi connectivity index (χ3v) is 14.3. The minimum Gasteiger partial charge on any atom is -0.347 e. The zero-order chi connectivity index (χ0) is 48.6. The van der Waals surface area contributed by atoms with E-state index in [2.05, 4.69) is 66.8 Å². The van der Waals surface area contributed by atoms with Gasteiger partial charge in [-0.25, -0.2) is 4.79 Å². The van der Waals surface area contributed by atoms with Crippen LogP contribution in [0.1, 0.15) is 138 Å². The number of fused-ring (bicyclic) bond motifs is 2. The number of nitrogens with zero attached hydrogens (tertiary/aromatic N) is 2. The number of likely N-dealkylation sites (N-methyl/N-ethyl adjacent to an activating group) is 2. The number of likely N-dealkylation sites (tertiary alicyclic amines) is 2. The van der Waals surface area contributed by atoms with E-state index < -0.39 is 36.3 Å². The Hall–Kier alpha value is -5.55. The Morgan fingerprint density at radius 1 is 0.559 bits per heavy atom. The maximum Gasteiger partial charge on any atom is 0.314 e. The van der Waals surface area contributed by atoms with Crippen LogP contribution in [0.5, 0.6) is 0 Å². The summed E-state index contributed by atoms with van der Waals surface area (Å²) in [5.74, 6) is -1.51. The molecule has 2 saturated heterocycles. The minimum atomic E-state index is -0.828. The standard InChI is InChI=1S/C51H76N10O7/c1-33(52-3)45(62)58-41(49(66)60-31-15-27-43(60)47(64)56-39-25-13-19-35-17-5-7-21-37(35)39)23-9-11-29-54-51(68)55-30-12-10-24-42(59-46(63)34(2)53-4)50(67)61-32-16-28-44(61)48(65)57-40-26-14-20-36-18-6-8-22-38(36)40/h5-8,17-18,21-22,33-34,39-44,52-53H,9-16,19-20,23-32H2,1-4H3,(H,56,64)(H,57,65)(H,58,62)(H,59,63)(H2,54,55,68)/t33-,34+,39-,40-,41+,42+,43+,44+/m1/s1. The van der Waals surface area contributed by atoms with Crippen LogP contribution in [0.15, 0.2) is 48.5 Å². The van der Waals surface area contributed by atoms with Gasteiger partial charge in [-0.3, -0.25) is 28.8 Å². The molecule has 17 heteroatoms. The fraction of sp³-hybridized carbons (Fsp3) is 0.627. The van der Waals surface area contributed by atoms with Crippen LogP contribution in [0.25, 0.3) is 0 Å². The van der Waals surface area contributed by atoms with Crippen molar-refractivity contribution in [2.24, 2.45) is 0 Å². The molecule has 0 bridgehead atoms. The minimum absolute atomic E-state index is 0.0997. The first-order chi connectivity index (χ1) is 32.9. The van der Waals surface area contributed by atoms with Gasteiger partial charge in [0.2, 0.25) is 35.4 Å². The SMILES string of the molecule is CN[C@@H](C)C(=O)N[C@@H](CCCCNC(=O)NCCCC[C@H](NC(=O)[C@@H](C)NC)C(=O)N1CCC[C@H]1C(=O)N[C@@H]1CCCc2ccccc21)C(=O)N1CCC[C@H]1C(=O)N[C@@H]1CCCc2ccccc21. The Kier molecular flexibility index (Phi) is 19.6. The number of nitrogens with one attached hydrogen (secondary N) is 8. The van der Waals surface area contributed by atoms with Gasteiger partial charge in [-0.05, 0) is 153 Å². The van der Waals surface area contributed by atoms with Crippen molar-refractivity contribution in [3.05, 3.63) is 70.8 Å². The number of aryl methyl sites for hydroxylation is 2. The quantitative estimate of drug-likeness (QED) is 0.0812. The fourth-order valence-electron chi connectivity index (χ4n) is 10.1. The molecule has 2 heterocycles. The van der Waals surface area contributed by atoms with E-state index in [1.807, 2.05) is 24.3 Å². The van der Waals surface area contributed by atoms with Crippen molar-refractivity contribution in [2.45, 2.75) is 165 Å². The first-order valence-corrected chi connectivity index (χ1v) is 25.2. The molecule has 6 rings (SSSR count). The van der Waals surface area contributed by atoms with Crippen LogP contribution in [0.4, 0.5) is 4.79 Å². The summed E-state index contributed by atoms with van der Waals surface area (Å²) in [6.45, 7) is 4.99. The second-order valence-corrected chi connectivity index (χ2v) is 19.0. The number of hydrogen-bond acceptors (Lipinski definition) is 9. The van der Waals surface area contributed by atoms with Crippen molar-refractivity contribution in [1.82, 2.24) is 52.3 Å². The van der Waals surface area contributed by atoms with Gasteiger partial charge in [0.15, 0.2) is 0 Å². The van der Waals surface area contributed by atoms with Crippen LogP contribution in [0.2, 0.25) is 0 Å². The summed E-state index contributed by atoms with van der Waals surface area (Å²) in [4.78, 5) is 97.7. The molecule has 0 radical (unpaired) electrons. The Labute approximate surface area is 402 Å². The predicted octanol–water partition coefficient (Wildman–Crippen LogP) is 3.18. The van der Waals surface area contributed by atoms with E-state index in [1.165, 1.54) is 11.1 Å². The van der Waals surface area contributed by atoms with E-state index >= 15 is 0 Å². The van der Waals surface area contributed by atoms with E-state index in [9.17, 15) is 33.6 Å². The number of amides is 8. The zero-order valence-corrected chi connectivity index (χ0v) is 40.6. The molecule has 2 fully saturated rings. The Balaban J connectivity index is 0.940. The molecule has 2 aromatic carbocycles. The van der Waals surface area contributed by atoms with E-state index in [-0.39, 0.29) is 53.6 Å². The van der Waals surface area contributed by atoms with Gasteiger partial charge in [0, 0.05) is 26.2 Å². The van der Waals surface area contributed by atoms with Crippen LogP contribution in [0.3, 0.4) is 0 Å². The molecule has 17 nitrogen and oxygen atoms in total. The molecule has 0 unspecified atom stereocenters. The molecule has 372 valence electrons. The highest BCUT2D eigenvalue weighted by atomic mass is 16.2. The molecule has 8 amide bonds. The Bertz CT molecular complexity index is 1930. The molecule has 0 aromatic heterocycles. The van der Waals surface area contributed by atoms with Crippen molar-refractivity contribution in [1.29, 1.82) is 0 Å². The maximum absolute atomic E-state index is 14.1. The van der Waals surface area contributed by atoms with Gasteiger partial charge in [0.05, 0.1) is 24.2 Å². The lowest BCUT2D eigenvalue weighted by atomic mass is 9.87. The first kappa shape index (κ1) is 51.8. The molecule has 8 N–H and O–H groups in total. The molecule has 0 saturated carbocycles. The van der Waals surface area contributed by atoms with Gasteiger partial charge in [-0.2, -0.15) is 0 Å². The van der Waals surface area contributed by atoms with Crippen LogP contribution in [0, 0.1) is 0 Å². The molecule has 4 aliphatic rings. The summed E-state index contributed by atoms with van der Waals surface area (Å²) in [5.41, 5.74) is 4.75. The van der Waals surface area contributed by atoms with Crippen molar-refractivity contribution < 1.29 is 33.6 Å². The van der Waals surface area contributed by atoms with Crippen molar-refractivity contribution in [3.8, 4) is 0 Å². The topological polar surface area (TPSA) is 222 Å². The van der Waals surface area contributed by atoms with Gasteiger partial charge in [-0.1, -0.05) is 48.5 Å². The summed E-state index contributed by atoms with van der Waals surface area (Å²) < 4.78 is 0. The van der Waals surface area contributed by atoms with Crippen LogP contribution >= 0.6 is 0 Å². The summed E-state index contributed by atoms with van der Waals surface area (Å²) >= 11 is 0. The lowest BCUT2D eigenvalue weighted by Gasteiger charge is -2.32. The zero-order valence-electron chi connectivity index (χ0n) is 40.6. The highest BCUT2D eigenvalue weighted by Crippen LogP contribution is 2.32. The fourth-order valence-corrected chi connectivity index (χ4v) is 10.1. The number of unbranched alkanes of at least 4 members (excludes halogenated alkanes) is 2. The number of carbonyl (C=O) groups is 7. The molecule has 0 spiro atoms. The number of rotatable bonds is 22. The number of carbonyl (C=O) groups excluding carboxylic acids is 7. The molecule has 8 atom stereocenters. The van der Waals surface area contributed by atoms with Gasteiger partial charge in [0.1, 0.15) is 24.2 Å². The smallest absolute Gasteiger partial charge is 0.314 e. The number of benzene rings is 2. The normalized spacial score (nSPS) is 21.5. The van der Waals surface area contributed by atoms with Gasteiger partial charge in [-0.15, -0.1) is 0 Å². The Morgan fingerprint density at radius 2 is 0.971 bits per heavy atom. The summed E-state index contributed by atoms with van der Waals surface area (Å²) in [7, 11) is 3.35. The first-order valence-electron chi connectivity index (χ1n) is 25.2. The average molecular weight is 941 g/mol. The molecular weight excluding hydrogens is 865 g/mol. The van der Waals surface area contributed by atoms with Crippen LogP contribution < -0.4 is 42.5 Å². The maximum atomic E-state index is 14.1.